The van der Waals surface area contributed by atoms with Crippen molar-refractivity contribution < 1.29 is 14.3 Å². The largest absolute Gasteiger partial charge is 0.480 e. The molecule has 11 heavy (non-hydrogen) atoms. The van der Waals surface area contributed by atoms with Gasteiger partial charge < -0.3 is 5.11 Å². The molecule has 1 saturated heterocycles. The molecule has 0 bridgehead atoms. The van der Waals surface area contributed by atoms with Gasteiger partial charge in [0.05, 0.1) is 6.54 Å². The highest BCUT2D eigenvalue weighted by molar-refractivity contribution is 5.69. The maximum atomic E-state index is 12.5. The first-order chi connectivity index (χ1) is 5.18. The molecule has 1 aliphatic rings. The molecular formula is C7H12FNO2. The molecule has 4 heteroatoms. The Balaban J connectivity index is 2.22. The van der Waals surface area contributed by atoms with Gasteiger partial charge in [0.15, 0.2) is 0 Å². The highest BCUT2D eigenvalue weighted by Gasteiger charge is 2.19. The average molecular weight is 161 g/mol. The summed E-state index contributed by atoms with van der Waals surface area (Å²) < 4.78 is 12.5. The minimum absolute atomic E-state index is 0.0483. The van der Waals surface area contributed by atoms with Gasteiger partial charge in [-0.05, 0) is 12.8 Å². The zero-order valence-electron chi connectivity index (χ0n) is 6.29. The predicted octanol–water partition coefficient (Wildman–Crippen LogP) is 0.505. The van der Waals surface area contributed by atoms with Crippen LogP contribution in [0.3, 0.4) is 0 Å². The first kappa shape index (κ1) is 8.46. The van der Waals surface area contributed by atoms with Gasteiger partial charge in [-0.3, -0.25) is 9.69 Å². The summed E-state index contributed by atoms with van der Waals surface area (Å²) in [7, 11) is 0. The summed E-state index contributed by atoms with van der Waals surface area (Å²) >= 11 is 0. The molecule has 1 heterocycles. The lowest BCUT2D eigenvalue weighted by atomic mass is 10.1. The fraction of sp³-hybridized carbons (Fsp3) is 0.857. The van der Waals surface area contributed by atoms with Crippen LogP contribution in [0.1, 0.15) is 12.8 Å². The standard InChI is InChI=1S/C7H12FNO2/c8-6-1-3-9(4-2-6)5-7(10)11/h6H,1-5H2,(H,10,11). The highest BCUT2D eigenvalue weighted by Crippen LogP contribution is 2.12. The van der Waals surface area contributed by atoms with Gasteiger partial charge in [-0.15, -0.1) is 0 Å². The third-order valence-corrected chi connectivity index (χ3v) is 1.88. The summed E-state index contributed by atoms with van der Waals surface area (Å²) in [6.07, 6.45) is 0.237. The molecule has 1 aliphatic heterocycles. The Morgan fingerprint density at radius 3 is 2.55 bits per heavy atom. The van der Waals surface area contributed by atoms with E-state index in [9.17, 15) is 9.18 Å². The number of hydrogen-bond acceptors (Lipinski definition) is 2. The smallest absolute Gasteiger partial charge is 0.317 e. The first-order valence-electron chi connectivity index (χ1n) is 3.76. The fourth-order valence-electron chi connectivity index (χ4n) is 1.25. The minimum atomic E-state index is -0.831. The quantitative estimate of drug-likeness (QED) is 0.641. The number of piperidine rings is 1. The molecular weight excluding hydrogens is 149 g/mol. The molecule has 0 aromatic carbocycles. The average Bonchev–Trinajstić information content (AvgIpc) is 1.93. The Morgan fingerprint density at radius 1 is 1.55 bits per heavy atom. The van der Waals surface area contributed by atoms with Crippen LogP contribution in [-0.2, 0) is 4.79 Å². The van der Waals surface area contributed by atoms with Crippen molar-refractivity contribution in [1.29, 1.82) is 0 Å². The van der Waals surface area contributed by atoms with Gasteiger partial charge >= 0.3 is 5.97 Å². The van der Waals surface area contributed by atoms with Crippen LogP contribution in [0, 0.1) is 0 Å². The lowest BCUT2D eigenvalue weighted by molar-refractivity contribution is -0.138. The Kier molecular flexibility index (Phi) is 2.82. The molecule has 0 spiro atoms. The molecule has 64 valence electrons. The SMILES string of the molecule is O=C(O)CN1CCC(F)CC1. The van der Waals surface area contributed by atoms with Gasteiger partial charge in [-0.2, -0.15) is 0 Å². The van der Waals surface area contributed by atoms with Gasteiger partial charge in [0, 0.05) is 13.1 Å². The van der Waals surface area contributed by atoms with Gasteiger partial charge in [0.1, 0.15) is 6.17 Å². The summed E-state index contributed by atoms with van der Waals surface area (Å²) in [5, 5.41) is 8.40. The zero-order chi connectivity index (χ0) is 8.27. The van der Waals surface area contributed by atoms with Crippen molar-refractivity contribution in [1.82, 2.24) is 4.90 Å². The van der Waals surface area contributed by atoms with E-state index in [0.717, 1.165) is 0 Å². The van der Waals surface area contributed by atoms with Crippen LogP contribution in [0.2, 0.25) is 0 Å². The molecule has 1 N–H and O–H groups in total. The number of rotatable bonds is 2. The van der Waals surface area contributed by atoms with Crippen LogP contribution in [0.25, 0.3) is 0 Å². The number of halogens is 1. The fourth-order valence-corrected chi connectivity index (χ4v) is 1.25. The molecule has 0 aromatic heterocycles. The van der Waals surface area contributed by atoms with Gasteiger partial charge in [-0.25, -0.2) is 4.39 Å². The lowest BCUT2D eigenvalue weighted by Gasteiger charge is -2.26. The molecule has 0 aromatic rings. The summed E-state index contributed by atoms with van der Waals surface area (Å²) in [5.41, 5.74) is 0. The molecule has 0 atom stereocenters. The number of likely N-dealkylation sites (tertiary alicyclic amines) is 1. The first-order valence-corrected chi connectivity index (χ1v) is 3.76. The summed E-state index contributed by atoms with van der Waals surface area (Å²) in [4.78, 5) is 12.0. The number of carbonyl (C=O) groups is 1. The maximum Gasteiger partial charge on any atom is 0.317 e. The molecule has 1 fully saturated rings. The number of aliphatic carboxylic acids is 1. The monoisotopic (exact) mass is 161 g/mol. The van der Waals surface area contributed by atoms with E-state index in [0.29, 0.717) is 25.9 Å². The summed E-state index contributed by atoms with van der Waals surface area (Å²) in [6, 6.07) is 0. The van der Waals surface area contributed by atoms with Gasteiger partial charge in [0.2, 0.25) is 0 Å². The van der Waals surface area contributed by atoms with E-state index in [4.69, 9.17) is 5.11 Å². The van der Waals surface area contributed by atoms with Crippen molar-refractivity contribution in [2.45, 2.75) is 19.0 Å². The minimum Gasteiger partial charge on any atom is -0.480 e. The van der Waals surface area contributed by atoms with E-state index >= 15 is 0 Å². The van der Waals surface area contributed by atoms with Gasteiger partial charge in [-0.1, -0.05) is 0 Å². The summed E-state index contributed by atoms with van der Waals surface area (Å²) in [6.45, 7) is 1.20. The molecule has 0 amide bonds. The number of nitrogens with zero attached hydrogens (tertiary/aromatic N) is 1. The van der Waals surface area contributed by atoms with Crippen LogP contribution in [0.15, 0.2) is 0 Å². The highest BCUT2D eigenvalue weighted by atomic mass is 19.1. The van der Waals surface area contributed by atoms with Crippen LogP contribution in [0.4, 0.5) is 4.39 Å². The number of alkyl halides is 1. The van der Waals surface area contributed by atoms with E-state index in [1.165, 1.54) is 0 Å². The third kappa shape index (κ3) is 2.84. The number of carboxylic acids is 1. The summed E-state index contributed by atoms with van der Waals surface area (Å²) in [5.74, 6) is -0.831. The number of hydrogen-bond donors (Lipinski definition) is 1. The molecule has 0 radical (unpaired) electrons. The van der Waals surface area contributed by atoms with E-state index < -0.39 is 12.1 Å². The maximum absolute atomic E-state index is 12.5. The van der Waals surface area contributed by atoms with Crippen LogP contribution in [0.5, 0.6) is 0 Å². The van der Waals surface area contributed by atoms with Crippen molar-refractivity contribution in [3.8, 4) is 0 Å². The van der Waals surface area contributed by atoms with E-state index in [1.54, 1.807) is 4.90 Å². The Bertz CT molecular complexity index is 143. The molecule has 3 nitrogen and oxygen atoms in total. The van der Waals surface area contributed by atoms with Crippen molar-refractivity contribution >= 4 is 5.97 Å². The van der Waals surface area contributed by atoms with E-state index in [-0.39, 0.29) is 6.54 Å². The molecule has 0 unspecified atom stereocenters. The normalized spacial score (nSPS) is 21.9. The van der Waals surface area contributed by atoms with Crippen LogP contribution in [-0.4, -0.2) is 41.8 Å². The van der Waals surface area contributed by atoms with Crippen molar-refractivity contribution in [2.24, 2.45) is 0 Å². The van der Waals surface area contributed by atoms with Crippen molar-refractivity contribution in [2.75, 3.05) is 19.6 Å². The second kappa shape index (κ2) is 3.67. The molecule has 1 rings (SSSR count). The predicted molar refractivity (Wildman–Crippen MR) is 38.2 cm³/mol. The zero-order valence-corrected chi connectivity index (χ0v) is 6.29. The molecule has 0 aliphatic carbocycles. The van der Waals surface area contributed by atoms with E-state index in [1.807, 2.05) is 0 Å². The van der Waals surface area contributed by atoms with Crippen molar-refractivity contribution in [3.05, 3.63) is 0 Å². The van der Waals surface area contributed by atoms with Crippen LogP contribution >= 0.6 is 0 Å². The third-order valence-electron chi connectivity index (χ3n) is 1.88. The Morgan fingerprint density at radius 2 is 2.09 bits per heavy atom. The Labute approximate surface area is 64.8 Å². The van der Waals surface area contributed by atoms with Gasteiger partial charge in [0.25, 0.3) is 0 Å². The number of carboxylic acid groups (broad SMARTS) is 1. The molecule has 0 saturated carbocycles. The second-order valence-corrected chi connectivity index (χ2v) is 2.84. The van der Waals surface area contributed by atoms with E-state index in [2.05, 4.69) is 0 Å². The van der Waals surface area contributed by atoms with Crippen LogP contribution < -0.4 is 0 Å². The van der Waals surface area contributed by atoms with Crippen molar-refractivity contribution in [3.63, 3.8) is 0 Å². The second-order valence-electron chi connectivity index (χ2n) is 2.84. The lowest BCUT2D eigenvalue weighted by Crippen LogP contribution is -2.37. The Hall–Kier alpha value is -0.640. The topological polar surface area (TPSA) is 40.5 Å².